The summed E-state index contributed by atoms with van der Waals surface area (Å²) in [6.07, 6.45) is 0.811. The second-order valence-corrected chi connectivity index (χ2v) is 3.28. The van der Waals surface area contributed by atoms with Crippen LogP contribution in [0.15, 0.2) is 34.7 Å². The number of ether oxygens (including phenoxy) is 1. The number of hydrogen-bond donors (Lipinski definition) is 0. The van der Waals surface area contributed by atoms with Gasteiger partial charge in [-0.05, 0) is 18.6 Å². The van der Waals surface area contributed by atoms with Crippen LogP contribution in [0.1, 0.15) is 23.9 Å². The van der Waals surface area contributed by atoms with Crippen LogP contribution in [0.4, 0.5) is 0 Å². The number of esters is 1. The standard InChI is InChI=1S/C12H12O3/c1-2-7-14-12(13)11-8-9-5-3-4-6-10(9)15-11/h3-6,8H,2,7H2,1H3. The minimum atomic E-state index is -0.395. The van der Waals surface area contributed by atoms with Crippen molar-refractivity contribution in [2.24, 2.45) is 0 Å². The smallest absolute Gasteiger partial charge is 0.374 e. The molecule has 0 radical (unpaired) electrons. The van der Waals surface area contributed by atoms with Crippen molar-refractivity contribution in [2.75, 3.05) is 6.61 Å². The van der Waals surface area contributed by atoms with Gasteiger partial charge in [0, 0.05) is 5.39 Å². The van der Waals surface area contributed by atoms with Crippen LogP contribution in [0, 0.1) is 0 Å². The molecule has 1 heterocycles. The lowest BCUT2D eigenvalue weighted by atomic mass is 10.2. The van der Waals surface area contributed by atoms with E-state index in [-0.39, 0.29) is 5.76 Å². The van der Waals surface area contributed by atoms with Crippen molar-refractivity contribution < 1.29 is 13.9 Å². The number of fused-ring (bicyclic) bond motifs is 1. The Hall–Kier alpha value is -1.77. The average molecular weight is 204 g/mol. The first-order chi connectivity index (χ1) is 7.31. The SMILES string of the molecule is CCCOC(=O)c1cc2ccccc2o1. The van der Waals surface area contributed by atoms with Crippen LogP contribution in [-0.4, -0.2) is 12.6 Å². The van der Waals surface area contributed by atoms with Crippen LogP contribution in [0.2, 0.25) is 0 Å². The molecule has 0 aliphatic carbocycles. The highest BCUT2D eigenvalue weighted by atomic mass is 16.5. The molecular formula is C12H12O3. The minimum Gasteiger partial charge on any atom is -0.460 e. The summed E-state index contributed by atoms with van der Waals surface area (Å²) < 4.78 is 10.3. The lowest BCUT2D eigenvalue weighted by Gasteiger charge is -1.98. The summed E-state index contributed by atoms with van der Waals surface area (Å²) in [5.41, 5.74) is 0.709. The fourth-order valence-electron chi connectivity index (χ4n) is 1.35. The van der Waals surface area contributed by atoms with Crippen molar-refractivity contribution in [2.45, 2.75) is 13.3 Å². The van der Waals surface area contributed by atoms with Gasteiger partial charge in [0.15, 0.2) is 0 Å². The van der Waals surface area contributed by atoms with Gasteiger partial charge in [0.2, 0.25) is 5.76 Å². The van der Waals surface area contributed by atoms with E-state index in [0.717, 1.165) is 11.8 Å². The van der Waals surface area contributed by atoms with Crippen molar-refractivity contribution in [1.82, 2.24) is 0 Å². The summed E-state index contributed by atoms with van der Waals surface area (Å²) in [7, 11) is 0. The second-order valence-electron chi connectivity index (χ2n) is 3.28. The second kappa shape index (κ2) is 4.17. The molecule has 0 amide bonds. The van der Waals surface area contributed by atoms with Gasteiger partial charge in [0.25, 0.3) is 0 Å². The van der Waals surface area contributed by atoms with E-state index < -0.39 is 5.97 Å². The van der Waals surface area contributed by atoms with Crippen LogP contribution in [-0.2, 0) is 4.74 Å². The predicted octanol–water partition coefficient (Wildman–Crippen LogP) is 3.00. The molecule has 1 aromatic carbocycles. The summed E-state index contributed by atoms with van der Waals surface area (Å²) in [6, 6.07) is 9.20. The highest BCUT2D eigenvalue weighted by molar-refractivity contribution is 5.92. The van der Waals surface area contributed by atoms with Crippen molar-refractivity contribution in [3.05, 3.63) is 36.1 Å². The topological polar surface area (TPSA) is 39.4 Å². The molecule has 0 unspecified atom stereocenters. The molecule has 78 valence electrons. The highest BCUT2D eigenvalue weighted by Gasteiger charge is 2.12. The highest BCUT2D eigenvalue weighted by Crippen LogP contribution is 2.19. The zero-order chi connectivity index (χ0) is 10.7. The summed E-state index contributed by atoms with van der Waals surface area (Å²) in [6.45, 7) is 2.38. The van der Waals surface area contributed by atoms with Crippen LogP contribution in [0.25, 0.3) is 11.0 Å². The third kappa shape index (κ3) is 2.01. The van der Waals surface area contributed by atoms with Crippen molar-refractivity contribution in [1.29, 1.82) is 0 Å². The van der Waals surface area contributed by atoms with E-state index in [4.69, 9.17) is 9.15 Å². The van der Waals surface area contributed by atoms with Gasteiger partial charge < -0.3 is 9.15 Å². The summed E-state index contributed by atoms with van der Waals surface area (Å²) in [4.78, 5) is 11.5. The van der Waals surface area contributed by atoms with Gasteiger partial charge >= 0.3 is 5.97 Å². The Labute approximate surface area is 87.6 Å². The fourth-order valence-corrected chi connectivity index (χ4v) is 1.35. The van der Waals surface area contributed by atoms with Crippen LogP contribution in [0.3, 0.4) is 0 Å². The van der Waals surface area contributed by atoms with Crippen LogP contribution >= 0.6 is 0 Å². The first-order valence-electron chi connectivity index (χ1n) is 4.97. The Bertz CT molecular complexity index is 437. The van der Waals surface area contributed by atoms with E-state index in [0.29, 0.717) is 12.2 Å². The molecule has 15 heavy (non-hydrogen) atoms. The van der Waals surface area contributed by atoms with Gasteiger partial charge in [-0.25, -0.2) is 4.79 Å². The lowest BCUT2D eigenvalue weighted by Crippen LogP contribution is -2.04. The fraction of sp³-hybridized carbons (Fsp3) is 0.250. The molecule has 0 saturated heterocycles. The number of furan rings is 1. The maximum atomic E-state index is 11.5. The summed E-state index contributed by atoms with van der Waals surface area (Å²) in [5.74, 6) is -0.127. The van der Waals surface area contributed by atoms with Gasteiger partial charge in [-0.1, -0.05) is 25.1 Å². The van der Waals surface area contributed by atoms with Gasteiger partial charge in [-0.3, -0.25) is 0 Å². The third-order valence-electron chi connectivity index (χ3n) is 2.06. The molecule has 0 N–H and O–H groups in total. The average Bonchev–Trinajstić information content (AvgIpc) is 2.69. The van der Waals surface area contributed by atoms with Crippen LogP contribution < -0.4 is 0 Å². The van der Waals surface area contributed by atoms with Crippen molar-refractivity contribution >= 4 is 16.9 Å². The molecule has 0 aliphatic heterocycles. The monoisotopic (exact) mass is 204 g/mol. The number of carbonyl (C=O) groups excluding carboxylic acids is 1. The van der Waals surface area contributed by atoms with Crippen LogP contribution in [0.5, 0.6) is 0 Å². The predicted molar refractivity (Wildman–Crippen MR) is 56.8 cm³/mol. The molecule has 2 aromatic rings. The van der Waals surface area contributed by atoms with Gasteiger partial charge in [0.05, 0.1) is 6.61 Å². The third-order valence-corrected chi connectivity index (χ3v) is 2.06. The number of rotatable bonds is 3. The Morgan fingerprint density at radius 1 is 1.40 bits per heavy atom. The van der Waals surface area contributed by atoms with Crippen molar-refractivity contribution in [3.8, 4) is 0 Å². The largest absolute Gasteiger partial charge is 0.460 e. The van der Waals surface area contributed by atoms with Gasteiger partial charge in [-0.15, -0.1) is 0 Å². The lowest BCUT2D eigenvalue weighted by molar-refractivity contribution is 0.0471. The minimum absolute atomic E-state index is 0.268. The zero-order valence-corrected chi connectivity index (χ0v) is 8.53. The quantitative estimate of drug-likeness (QED) is 0.721. The molecule has 3 heteroatoms. The molecule has 0 bridgehead atoms. The molecule has 1 aromatic heterocycles. The van der Waals surface area contributed by atoms with Gasteiger partial charge in [-0.2, -0.15) is 0 Å². The van der Waals surface area contributed by atoms with E-state index in [2.05, 4.69) is 0 Å². The van der Waals surface area contributed by atoms with E-state index in [9.17, 15) is 4.79 Å². The molecule has 0 fully saturated rings. The molecule has 3 nitrogen and oxygen atoms in total. The van der Waals surface area contributed by atoms with Crippen molar-refractivity contribution in [3.63, 3.8) is 0 Å². The zero-order valence-electron chi connectivity index (χ0n) is 8.53. The normalized spacial score (nSPS) is 10.5. The number of carbonyl (C=O) groups is 1. The molecule has 2 rings (SSSR count). The Morgan fingerprint density at radius 3 is 2.93 bits per heavy atom. The number of benzene rings is 1. The Balaban J connectivity index is 2.25. The van der Waals surface area contributed by atoms with E-state index in [1.54, 1.807) is 6.07 Å². The maximum absolute atomic E-state index is 11.5. The first kappa shape index (κ1) is 9.77. The summed E-state index contributed by atoms with van der Waals surface area (Å²) in [5, 5.41) is 0.918. The van der Waals surface area contributed by atoms with Gasteiger partial charge in [0.1, 0.15) is 5.58 Å². The van der Waals surface area contributed by atoms with E-state index in [1.807, 2.05) is 31.2 Å². The molecular weight excluding hydrogens is 192 g/mol. The maximum Gasteiger partial charge on any atom is 0.374 e. The number of para-hydroxylation sites is 1. The molecule has 0 spiro atoms. The first-order valence-corrected chi connectivity index (χ1v) is 4.97. The van der Waals surface area contributed by atoms with E-state index in [1.165, 1.54) is 0 Å². The molecule has 0 aliphatic rings. The van der Waals surface area contributed by atoms with E-state index >= 15 is 0 Å². The summed E-state index contributed by atoms with van der Waals surface area (Å²) >= 11 is 0. The Kier molecular flexibility index (Phi) is 2.72. The molecule has 0 atom stereocenters. The molecule has 0 saturated carbocycles. The Morgan fingerprint density at radius 2 is 2.20 bits per heavy atom. The number of hydrogen-bond acceptors (Lipinski definition) is 3.